The molecule has 2 aliphatic rings. The van der Waals surface area contributed by atoms with Gasteiger partial charge in [-0.2, -0.15) is 0 Å². The van der Waals surface area contributed by atoms with Gasteiger partial charge in [-0.05, 0) is 31.7 Å². The number of non-ortho nitro benzene ring substituents is 1. The van der Waals surface area contributed by atoms with Gasteiger partial charge < -0.3 is 9.69 Å². The Labute approximate surface area is 140 Å². The molecule has 0 aliphatic carbocycles. The minimum absolute atomic E-state index is 0.219. The maximum atomic E-state index is 14.1. The number of hydrogen-bond donors (Lipinski definition) is 0. The van der Waals surface area contributed by atoms with Gasteiger partial charge in [0, 0.05) is 44.7 Å². The lowest BCUT2D eigenvalue weighted by Gasteiger charge is -2.47. The third-order valence-corrected chi connectivity index (χ3v) is 5.03. The molecule has 24 heavy (non-hydrogen) atoms. The van der Waals surface area contributed by atoms with Crippen LogP contribution in [0.1, 0.15) is 26.2 Å². The fraction of sp³-hybridized carbons (Fsp3) is 0.588. The first kappa shape index (κ1) is 16.8. The standard InChI is InChI=1S/C17H22FN3O3/c1-12(22)8-13-10-20(11-13)14-4-6-19(7-5-14)17-3-2-15(21(23)24)9-16(17)18/h2-3,9,13-14H,4-8,10-11H2,1H3. The van der Waals surface area contributed by atoms with Crippen molar-refractivity contribution in [2.24, 2.45) is 5.92 Å². The molecule has 0 spiro atoms. The fourth-order valence-corrected chi connectivity index (χ4v) is 3.78. The van der Waals surface area contributed by atoms with Crippen molar-refractivity contribution in [3.05, 3.63) is 34.1 Å². The second-order valence-corrected chi connectivity index (χ2v) is 6.84. The molecule has 2 heterocycles. The van der Waals surface area contributed by atoms with Crippen molar-refractivity contribution >= 4 is 17.2 Å². The second-order valence-electron chi connectivity index (χ2n) is 6.84. The number of Topliss-reactive ketones (excluding diaryl/α,β-unsaturated/α-hetero) is 1. The highest BCUT2D eigenvalue weighted by atomic mass is 19.1. The van der Waals surface area contributed by atoms with Crippen LogP contribution in [0.3, 0.4) is 0 Å². The summed E-state index contributed by atoms with van der Waals surface area (Å²) in [6.45, 7) is 5.09. The van der Waals surface area contributed by atoms with Gasteiger partial charge in [0.15, 0.2) is 5.82 Å². The molecule has 0 atom stereocenters. The molecule has 7 heteroatoms. The third kappa shape index (κ3) is 3.56. The van der Waals surface area contributed by atoms with Gasteiger partial charge >= 0.3 is 0 Å². The zero-order valence-corrected chi connectivity index (χ0v) is 13.8. The molecule has 6 nitrogen and oxygen atoms in total. The summed E-state index contributed by atoms with van der Waals surface area (Å²) in [5, 5.41) is 10.7. The van der Waals surface area contributed by atoms with E-state index in [1.807, 2.05) is 4.90 Å². The number of halogens is 1. The van der Waals surface area contributed by atoms with E-state index < -0.39 is 10.7 Å². The van der Waals surface area contributed by atoms with E-state index in [4.69, 9.17) is 0 Å². The summed E-state index contributed by atoms with van der Waals surface area (Å²) in [5.74, 6) is 0.212. The number of anilines is 1. The van der Waals surface area contributed by atoms with E-state index in [2.05, 4.69) is 4.90 Å². The van der Waals surface area contributed by atoms with Gasteiger partial charge in [0.05, 0.1) is 16.7 Å². The van der Waals surface area contributed by atoms with Gasteiger partial charge in [-0.1, -0.05) is 0 Å². The lowest BCUT2D eigenvalue weighted by Crippen LogP contribution is -2.55. The molecular formula is C17H22FN3O3. The largest absolute Gasteiger partial charge is 0.369 e. The molecule has 2 fully saturated rings. The first-order valence-electron chi connectivity index (χ1n) is 8.36. The van der Waals surface area contributed by atoms with Crippen molar-refractivity contribution in [2.45, 2.75) is 32.2 Å². The Morgan fingerprint density at radius 3 is 2.54 bits per heavy atom. The lowest BCUT2D eigenvalue weighted by molar-refractivity contribution is -0.385. The van der Waals surface area contributed by atoms with Crippen molar-refractivity contribution in [3.63, 3.8) is 0 Å². The number of hydrogen-bond acceptors (Lipinski definition) is 5. The summed E-state index contributed by atoms with van der Waals surface area (Å²) < 4.78 is 14.1. The number of carbonyl (C=O) groups excluding carboxylic acids is 1. The Balaban J connectivity index is 1.53. The number of nitro benzene ring substituents is 1. The van der Waals surface area contributed by atoms with Crippen LogP contribution in [-0.4, -0.2) is 47.8 Å². The van der Waals surface area contributed by atoms with Crippen LogP contribution < -0.4 is 4.90 Å². The Morgan fingerprint density at radius 1 is 1.33 bits per heavy atom. The molecule has 1 aromatic rings. The molecular weight excluding hydrogens is 313 g/mol. The minimum atomic E-state index is -0.583. The van der Waals surface area contributed by atoms with E-state index in [0.29, 0.717) is 24.1 Å². The van der Waals surface area contributed by atoms with Crippen LogP contribution in [-0.2, 0) is 4.79 Å². The van der Waals surface area contributed by atoms with Gasteiger partial charge in [-0.15, -0.1) is 0 Å². The maximum Gasteiger partial charge on any atom is 0.272 e. The Kier molecular flexibility index (Phi) is 4.80. The van der Waals surface area contributed by atoms with E-state index in [0.717, 1.165) is 45.1 Å². The molecule has 2 saturated heterocycles. The van der Waals surface area contributed by atoms with Crippen molar-refractivity contribution in [1.29, 1.82) is 0 Å². The molecule has 0 N–H and O–H groups in total. The van der Waals surface area contributed by atoms with Crippen LogP contribution in [0.25, 0.3) is 0 Å². The first-order valence-corrected chi connectivity index (χ1v) is 8.36. The number of nitrogens with zero attached hydrogens (tertiary/aromatic N) is 3. The molecule has 3 rings (SSSR count). The Morgan fingerprint density at radius 2 is 2.00 bits per heavy atom. The van der Waals surface area contributed by atoms with E-state index in [1.165, 1.54) is 12.1 Å². The van der Waals surface area contributed by atoms with Gasteiger partial charge in [0.25, 0.3) is 5.69 Å². The molecule has 0 bridgehead atoms. The highest BCUT2D eigenvalue weighted by Gasteiger charge is 2.34. The highest BCUT2D eigenvalue weighted by molar-refractivity contribution is 5.75. The number of nitro groups is 1. The van der Waals surface area contributed by atoms with Gasteiger partial charge in [-0.25, -0.2) is 4.39 Å². The van der Waals surface area contributed by atoms with Crippen molar-refractivity contribution in [1.82, 2.24) is 4.90 Å². The summed E-state index contributed by atoms with van der Waals surface area (Å²) in [6, 6.07) is 4.33. The van der Waals surface area contributed by atoms with Crippen LogP contribution >= 0.6 is 0 Å². The lowest BCUT2D eigenvalue weighted by atomic mass is 9.90. The van der Waals surface area contributed by atoms with Crippen molar-refractivity contribution < 1.29 is 14.1 Å². The smallest absolute Gasteiger partial charge is 0.272 e. The molecule has 0 saturated carbocycles. The highest BCUT2D eigenvalue weighted by Crippen LogP contribution is 2.30. The molecule has 2 aliphatic heterocycles. The zero-order valence-electron chi connectivity index (χ0n) is 13.8. The number of likely N-dealkylation sites (tertiary alicyclic amines) is 1. The maximum absolute atomic E-state index is 14.1. The third-order valence-electron chi connectivity index (χ3n) is 5.03. The summed E-state index contributed by atoms with van der Waals surface area (Å²) in [6.07, 6.45) is 2.57. The minimum Gasteiger partial charge on any atom is -0.369 e. The fourth-order valence-electron chi connectivity index (χ4n) is 3.78. The van der Waals surface area contributed by atoms with Crippen molar-refractivity contribution in [3.8, 4) is 0 Å². The average Bonchev–Trinajstić information content (AvgIpc) is 2.50. The molecule has 0 unspecified atom stereocenters. The molecule has 0 amide bonds. The van der Waals surface area contributed by atoms with Gasteiger partial charge in [0.2, 0.25) is 0 Å². The second kappa shape index (κ2) is 6.84. The van der Waals surface area contributed by atoms with Crippen LogP contribution in [0, 0.1) is 21.8 Å². The van der Waals surface area contributed by atoms with E-state index in [-0.39, 0.29) is 11.5 Å². The number of carbonyl (C=O) groups is 1. The van der Waals surface area contributed by atoms with Crippen LogP contribution in [0.15, 0.2) is 18.2 Å². The van der Waals surface area contributed by atoms with Crippen LogP contribution in [0.2, 0.25) is 0 Å². The number of ketones is 1. The SMILES string of the molecule is CC(=O)CC1CN(C2CCN(c3ccc([N+](=O)[O-])cc3F)CC2)C1. The molecule has 1 aromatic carbocycles. The van der Waals surface area contributed by atoms with Gasteiger partial charge in [-0.3, -0.25) is 15.0 Å². The summed E-state index contributed by atoms with van der Waals surface area (Å²) in [5.41, 5.74) is 0.223. The monoisotopic (exact) mass is 335 g/mol. The van der Waals surface area contributed by atoms with Gasteiger partial charge in [0.1, 0.15) is 5.78 Å². The summed E-state index contributed by atoms with van der Waals surface area (Å²) >= 11 is 0. The predicted octanol–water partition coefficient (Wildman–Crippen LogP) is 2.61. The number of piperidine rings is 1. The van der Waals surface area contributed by atoms with E-state index in [1.54, 1.807) is 6.92 Å². The predicted molar refractivity (Wildman–Crippen MR) is 88.7 cm³/mol. The molecule has 0 aromatic heterocycles. The zero-order chi connectivity index (χ0) is 17.3. The van der Waals surface area contributed by atoms with Crippen LogP contribution in [0.5, 0.6) is 0 Å². The topological polar surface area (TPSA) is 66.7 Å². The molecule has 0 radical (unpaired) electrons. The first-order chi connectivity index (χ1) is 11.4. The van der Waals surface area contributed by atoms with E-state index in [9.17, 15) is 19.3 Å². The quantitative estimate of drug-likeness (QED) is 0.611. The average molecular weight is 335 g/mol. The molecule has 130 valence electrons. The van der Waals surface area contributed by atoms with Crippen LogP contribution in [0.4, 0.5) is 15.8 Å². The van der Waals surface area contributed by atoms with E-state index >= 15 is 0 Å². The Hall–Kier alpha value is -2.02. The number of benzene rings is 1. The summed E-state index contributed by atoms with van der Waals surface area (Å²) in [4.78, 5) is 25.6. The number of rotatable bonds is 5. The summed E-state index contributed by atoms with van der Waals surface area (Å²) in [7, 11) is 0. The normalized spacial score (nSPS) is 20.0. The Bertz CT molecular complexity index is 638. The van der Waals surface area contributed by atoms with Crippen molar-refractivity contribution in [2.75, 3.05) is 31.1 Å².